The lowest BCUT2D eigenvalue weighted by Crippen LogP contribution is -2.55. The number of rotatable bonds is 7. The highest BCUT2D eigenvalue weighted by molar-refractivity contribution is 7.22. The maximum atomic E-state index is 13.5. The van der Waals surface area contributed by atoms with E-state index >= 15 is 0 Å². The third kappa shape index (κ3) is 6.61. The Morgan fingerprint density at radius 1 is 1.14 bits per heavy atom. The van der Waals surface area contributed by atoms with E-state index < -0.39 is 8.32 Å². The van der Waals surface area contributed by atoms with Crippen LogP contribution in [0.1, 0.15) is 57.1 Å². The standard InChI is InChI=1S/C32H41ClN6O3SSi/c1-19-14-20(21-15-26(33)35-17-24(21)41-7)22(16-34-19)28(40)38-30-36-23-10-11-27(37-29(23)43-30)39-13-12-25(32(5,6)18-39)42-44(8,9)31(2,3)4/h10-11,14-17,25H,12-13,18H2,1-9H3,(H,36,38,40). The summed E-state index contributed by atoms with van der Waals surface area (Å²) in [5.41, 5.74) is 3.12. The molecular formula is C32H41ClN6O3SSi. The van der Waals surface area contributed by atoms with Crippen LogP contribution in [-0.4, -0.2) is 60.5 Å². The van der Waals surface area contributed by atoms with Crippen molar-refractivity contribution in [2.45, 2.75) is 72.2 Å². The fourth-order valence-electron chi connectivity index (χ4n) is 5.24. The van der Waals surface area contributed by atoms with Crippen molar-refractivity contribution in [1.29, 1.82) is 0 Å². The molecule has 12 heteroatoms. The molecule has 0 bridgehead atoms. The molecule has 0 aromatic carbocycles. The number of fused-ring (bicyclic) bond motifs is 1. The molecule has 1 N–H and O–H groups in total. The molecule has 1 atom stereocenters. The number of carbonyl (C=O) groups excluding carboxylic acids is 1. The largest absolute Gasteiger partial charge is 0.494 e. The first-order valence-electron chi connectivity index (χ1n) is 14.8. The number of amides is 1. The van der Waals surface area contributed by atoms with Gasteiger partial charge in [-0.3, -0.25) is 15.1 Å². The summed E-state index contributed by atoms with van der Waals surface area (Å²) in [5.74, 6) is 1.07. The number of hydrogen-bond donors (Lipinski definition) is 1. The van der Waals surface area contributed by atoms with Crippen LogP contribution in [0.5, 0.6) is 5.75 Å². The van der Waals surface area contributed by atoms with Crippen molar-refractivity contribution in [3.8, 4) is 16.9 Å². The first kappa shape index (κ1) is 32.3. The van der Waals surface area contributed by atoms with E-state index in [1.54, 1.807) is 19.4 Å². The zero-order valence-corrected chi connectivity index (χ0v) is 29.5. The summed E-state index contributed by atoms with van der Waals surface area (Å²) in [5, 5.41) is 3.88. The van der Waals surface area contributed by atoms with Gasteiger partial charge in [-0.1, -0.05) is 57.6 Å². The Balaban J connectivity index is 1.35. The van der Waals surface area contributed by atoms with Gasteiger partial charge in [0, 0.05) is 41.5 Å². The molecule has 4 aromatic rings. The van der Waals surface area contributed by atoms with Gasteiger partial charge in [0.15, 0.2) is 13.4 Å². The Morgan fingerprint density at radius 3 is 2.57 bits per heavy atom. The van der Waals surface area contributed by atoms with Gasteiger partial charge in [-0.15, -0.1) is 0 Å². The van der Waals surface area contributed by atoms with Crippen molar-refractivity contribution in [2.24, 2.45) is 5.41 Å². The molecule has 0 radical (unpaired) electrons. The quantitative estimate of drug-likeness (QED) is 0.158. The summed E-state index contributed by atoms with van der Waals surface area (Å²) < 4.78 is 12.4. The predicted octanol–water partition coefficient (Wildman–Crippen LogP) is 8.00. The smallest absolute Gasteiger partial charge is 0.259 e. The Hall–Kier alpha value is -3.12. The number of nitrogens with zero attached hydrogens (tertiary/aromatic N) is 5. The summed E-state index contributed by atoms with van der Waals surface area (Å²) in [6, 6.07) is 7.49. The van der Waals surface area contributed by atoms with Crippen LogP contribution in [0.15, 0.2) is 36.7 Å². The molecule has 1 aliphatic rings. The Morgan fingerprint density at radius 2 is 1.89 bits per heavy atom. The lowest BCUT2D eigenvalue weighted by molar-refractivity contribution is 0.0431. The van der Waals surface area contributed by atoms with Gasteiger partial charge in [-0.25, -0.2) is 15.0 Å². The molecule has 0 saturated carbocycles. The average molecular weight is 653 g/mol. The highest BCUT2D eigenvalue weighted by atomic mass is 35.5. The van der Waals surface area contributed by atoms with Crippen molar-refractivity contribution in [3.63, 3.8) is 0 Å². The molecule has 5 heterocycles. The van der Waals surface area contributed by atoms with Crippen LogP contribution in [0.4, 0.5) is 10.9 Å². The number of hydrogen-bond acceptors (Lipinski definition) is 9. The first-order valence-corrected chi connectivity index (χ1v) is 18.9. The molecule has 234 valence electrons. The van der Waals surface area contributed by atoms with Gasteiger partial charge in [-0.2, -0.15) is 0 Å². The van der Waals surface area contributed by atoms with E-state index in [0.717, 1.165) is 41.4 Å². The van der Waals surface area contributed by atoms with E-state index in [1.807, 2.05) is 25.1 Å². The Kier molecular flexibility index (Phi) is 8.80. The van der Waals surface area contributed by atoms with Gasteiger partial charge in [0.05, 0.1) is 25.0 Å². The summed E-state index contributed by atoms with van der Waals surface area (Å²) in [6.07, 6.45) is 4.25. The highest BCUT2D eigenvalue weighted by Gasteiger charge is 2.45. The average Bonchev–Trinajstić information content (AvgIpc) is 3.34. The molecule has 1 amide bonds. The monoisotopic (exact) mass is 652 g/mol. The number of carbonyl (C=O) groups is 1. The molecular weight excluding hydrogens is 612 g/mol. The molecule has 0 spiro atoms. The molecule has 9 nitrogen and oxygen atoms in total. The van der Waals surface area contributed by atoms with Gasteiger partial charge in [0.2, 0.25) is 0 Å². The minimum Gasteiger partial charge on any atom is -0.494 e. The molecule has 4 aromatic heterocycles. The van der Waals surface area contributed by atoms with Gasteiger partial charge >= 0.3 is 0 Å². The molecule has 44 heavy (non-hydrogen) atoms. The van der Waals surface area contributed by atoms with Crippen molar-refractivity contribution in [1.82, 2.24) is 19.9 Å². The van der Waals surface area contributed by atoms with Crippen molar-refractivity contribution < 1.29 is 14.0 Å². The summed E-state index contributed by atoms with van der Waals surface area (Å²) in [7, 11) is -0.329. The third-order valence-corrected chi connectivity index (χ3v) is 14.4. The van der Waals surface area contributed by atoms with E-state index in [4.69, 9.17) is 25.7 Å². The van der Waals surface area contributed by atoms with Crippen LogP contribution in [0.25, 0.3) is 21.5 Å². The summed E-state index contributed by atoms with van der Waals surface area (Å²) in [6.45, 7) is 19.7. The highest BCUT2D eigenvalue weighted by Crippen LogP contribution is 2.42. The lowest BCUT2D eigenvalue weighted by Gasteiger charge is -2.49. The van der Waals surface area contributed by atoms with E-state index in [1.165, 1.54) is 17.5 Å². The molecule has 5 rings (SSSR count). The number of nitrogens with one attached hydrogen (secondary N) is 1. The number of pyridine rings is 3. The lowest BCUT2D eigenvalue weighted by atomic mass is 9.81. The van der Waals surface area contributed by atoms with E-state index in [-0.39, 0.29) is 22.5 Å². The van der Waals surface area contributed by atoms with Crippen molar-refractivity contribution >= 4 is 58.5 Å². The van der Waals surface area contributed by atoms with E-state index in [9.17, 15) is 4.79 Å². The maximum Gasteiger partial charge on any atom is 0.259 e. The molecule has 0 aliphatic carbocycles. The Bertz CT molecular complexity index is 1700. The topological polar surface area (TPSA) is 102 Å². The van der Waals surface area contributed by atoms with E-state index in [0.29, 0.717) is 32.7 Å². The molecule has 1 aliphatic heterocycles. The van der Waals surface area contributed by atoms with Crippen molar-refractivity contribution in [3.05, 3.63) is 53.1 Å². The minimum absolute atomic E-state index is 0.0290. The van der Waals surface area contributed by atoms with Gasteiger partial charge in [0.25, 0.3) is 5.91 Å². The van der Waals surface area contributed by atoms with Gasteiger partial charge < -0.3 is 14.1 Å². The second-order valence-corrected chi connectivity index (χ2v) is 19.7. The van der Waals surface area contributed by atoms with Gasteiger partial charge in [-0.05, 0) is 55.7 Å². The second-order valence-electron chi connectivity index (χ2n) is 13.6. The Labute approximate surface area is 269 Å². The van der Waals surface area contributed by atoms with Crippen LogP contribution in [-0.2, 0) is 4.43 Å². The second kappa shape index (κ2) is 12.0. The normalized spacial score (nSPS) is 17.1. The number of methoxy groups -OCH3 is 1. The number of aryl methyl sites for hydroxylation is 1. The SMILES string of the molecule is COc1cnc(Cl)cc1-c1cc(C)ncc1C(=O)Nc1nc2ccc(N3CCC(O[Si](C)(C)C(C)(C)C)C(C)(C)C3)nc2s1. The van der Waals surface area contributed by atoms with Crippen molar-refractivity contribution in [2.75, 3.05) is 30.4 Å². The van der Waals surface area contributed by atoms with Crippen LogP contribution in [0.3, 0.4) is 0 Å². The predicted molar refractivity (Wildman–Crippen MR) is 182 cm³/mol. The maximum absolute atomic E-state index is 13.5. The fraction of sp³-hybridized carbons (Fsp3) is 0.469. The van der Waals surface area contributed by atoms with Crippen LogP contribution >= 0.6 is 22.9 Å². The van der Waals surface area contributed by atoms with Crippen LogP contribution in [0.2, 0.25) is 23.3 Å². The zero-order valence-electron chi connectivity index (χ0n) is 26.9. The van der Waals surface area contributed by atoms with E-state index in [2.05, 4.69) is 72.9 Å². The molecule has 1 saturated heterocycles. The minimum atomic E-state index is -1.88. The first-order chi connectivity index (χ1) is 20.6. The molecule has 1 fully saturated rings. The number of aromatic nitrogens is 4. The number of thiazole rings is 1. The third-order valence-electron chi connectivity index (χ3n) is 8.79. The van der Waals surface area contributed by atoms with Crippen LogP contribution in [0, 0.1) is 12.3 Å². The number of ether oxygens (including phenoxy) is 1. The van der Waals surface area contributed by atoms with Crippen LogP contribution < -0.4 is 15.0 Å². The molecule has 1 unspecified atom stereocenters. The number of piperidine rings is 1. The summed E-state index contributed by atoms with van der Waals surface area (Å²) in [4.78, 5) is 34.7. The number of anilines is 2. The van der Waals surface area contributed by atoms with Gasteiger partial charge in [0.1, 0.15) is 27.1 Å². The number of halogens is 1. The fourth-order valence-corrected chi connectivity index (χ4v) is 7.73. The zero-order chi connectivity index (χ0) is 32.0. The summed E-state index contributed by atoms with van der Waals surface area (Å²) >= 11 is 7.55.